The van der Waals surface area contributed by atoms with Gasteiger partial charge < -0.3 is 10.1 Å². The summed E-state index contributed by atoms with van der Waals surface area (Å²) >= 11 is 13.1. The Balaban J connectivity index is 1.46. The first kappa shape index (κ1) is 20.3. The molecule has 0 aliphatic carbocycles. The lowest BCUT2D eigenvalue weighted by Gasteiger charge is -2.09. The van der Waals surface area contributed by atoms with Crippen LogP contribution in [0.1, 0.15) is 21.7 Å². The number of hydrogen-bond donors (Lipinski definition) is 1. The second-order valence-corrected chi connectivity index (χ2v) is 8.60. The van der Waals surface area contributed by atoms with E-state index < -0.39 is 0 Å². The lowest BCUT2D eigenvalue weighted by Crippen LogP contribution is -2.11. The van der Waals surface area contributed by atoms with Gasteiger partial charge in [-0.3, -0.25) is 9.36 Å². The standard InChI is InChI=1S/C20H15Cl2N5O2S/c1-11-12(2)27(10-25-11)17-8-18(24-9-23-17)29-14-5-3-13(4-6-14)26-20(28)15-7-16(21)30-19(15)22/h3-10H,1-2H3,(H,26,28). The molecular formula is C20H15Cl2N5O2S. The summed E-state index contributed by atoms with van der Waals surface area (Å²) in [6.45, 7) is 3.90. The number of ether oxygens (including phenoxy) is 1. The molecule has 0 saturated heterocycles. The first-order chi connectivity index (χ1) is 14.4. The molecule has 7 nitrogen and oxygen atoms in total. The van der Waals surface area contributed by atoms with Gasteiger partial charge >= 0.3 is 0 Å². The van der Waals surface area contributed by atoms with Crippen LogP contribution in [0.15, 0.2) is 49.1 Å². The Bertz CT molecular complexity index is 1220. The number of thiophene rings is 1. The van der Waals surface area contributed by atoms with Crippen LogP contribution in [-0.4, -0.2) is 25.4 Å². The average molecular weight is 460 g/mol. The summed E-state index contributed by atoms with van der Waals surface area (Å²) in [6.07, 6.45) is 3.14. The van der Waals surface area contributed by atoms with Crippen molar-refractivity contribution in [2.24, 2.45) is 0 Å². The predicted molar refractivity (Wildman–Crippen MR) is 117 cm³/mol. The summed E-state index contributed by atoms with van der Waals surface area (Å²) in [4.78, 5) is 25.0. The van der Waals surface area contributed by atoms with Crippen molar-refractivity contribution in [2.45, 2.75) is 13.8 Å². The smallest absolute Gasteiger partial charge is 0.258 e. The zero-order chi connectivity index (χ0) is 21.3. The second kappa shape index (κ2) is 8.43. The number of amides is 1. The number of hydrogen-bond acceptors (Lipinski definition) is 6. The Labute approximate surface area is 186 Å². The summed E-state index contributed by atoms with van der Waals surface area (Å²) in [7, 11) is 0. The van der Waals surface area contributed by atoms with Gasteiger partial charge in [-0.05, 0) is 44.2 Å². The number of anilines is 1. The first-order valence-corrected chi connectivity index (χ1v) is 10.3. The number of aryl methyl sites for hydroxylation is 1. The minimum atomic E-state index is -0.330. The molecule has 1 N–H and O–H groups in total. The fourth-order valence-corrected chi connectivity index (χ4v) is 4.13. The molecule has 152 valence electrons. The molecule has 1 amide bonds. The first-order valence-electron chi connectivity index (χ1n) is 8.78. The van der Waals surface area contributed by atoms with E-state index in [9.17, 15) is 4.79 Å². The molecule has 1 aromatic carbocycles. The van der Waals surface area contributed by atoms with Gasteiger partial charge in [0, 0.05) is 17.4 Å². The highest BCUT2D eigenvalue weighted by Crippen LogP contribution is 2.32. The van der Waals surface area contributed by atoms with Crippen molar-refractivity contribution in [3.05, 3.63) is 74.7 Å². The van der Waals surface area contributed by atoms with E-state index >= 15 is 0 Å². The number of aromatic nitrogens is 4. The summed E-state index contributed by atoms with van der Waals surface area (Å²) in [5.41, 5.74) is 2.86. The molecule has 3 heterocycles. The van der Waals surface area contributed by atoms with Crippen molar-refractivity contribution in [1.82, 2.24) is 19.5 Å². The molecule has 0 atom stereocenters. The number of carbonyl (C=O) groups excluding carboxylic acids is 1. The minimum Gasteiger partial charge on any atom is -0.439 e. The van der Waals surface area contributed by atoms with Crippen LogP contribution < -0.4 is 10.1 Å². The fraction of sp³-hybridized carbons (Fsp3) is 0.100. The highest BCUT2D eigenvalue weighted by atomic mass is 35.5. The largest absolute Gasteiger partial charge is 0.439 e. The third kappa shape index (κ3) is 4.30. The number of rotatable bonds is 5. The Morgan fingerprint density at radius 1 is 1.10 bits per heavy atom. The maximum absolute atomic E-state index is 12.3. The van der Waals surface area contributed by atoms with E-state index in [0.717, 1.165) is 22.7 Å². The van der Waals surface area contributed by atoms with Gasteiger partial charge in [0.25, 0.3) is 5.91 Å². The molecular weight excluding hydrogens is 445 g/mol. The Hall–Kier alpha value is -2.94. The molecule has 0 saturated carbocycles. The second-order valence-electron chi connectivity index (χ2n) is 6.32. The molecule has 0 bridgehead atoms. The van der Waals surface area contributed by atoms with Crippen molar-refractivity contribution in [3.63, 3.8) is 0 Å². The van der Waals surface area contributed by atoms with Crippen molar-refractivity contribution in [1.29, 1.82) is 0 Å². The quantitative estimate of drug-likeness (QED) is 0.414. The van der Waals surface area contributed by atoms with Crippen molar-refractivity contribution in [2.75, 3.05) is 5.32 Å². The molecule has 4 aromatic rings. The average Bonchev–Trinajstić information content (AvgIpc) is 3.24. The molecule has 0 aliphatic rings. The number of benzene rings is 1. The van der Waals surface area contributed by atoms with Gasteiger partial charge in [-0.25, -0.2) is 15.0 Å². The molecule has 0 fully saturated rings. The van der Waals surface area contributed by atoms with Crippen LogP contribution in [0.3, 0.4) is 0 Å². The summed E-state index contributed by atoms with van der Waals surface area (Å²) < 4.78 is 8.49. The predicted octanol–water partition coefficient (Wildman–Crippen LogP) is 5.69. The highest BCUT2D eigenvalue weighted by Gasteiger charge is 2.14. The minimum absolute atomic E-state index is 0.330. The Morgan fingerprint density at radius 2 is 1.87 bits per heavy atom. The van der Waals surface area contributed by atoms with Crippen LogP contribution in [0.25, 0.3) is 5.82 Å². The molecule has 10 heteroatoms. The van der Waals surface area contributed by atoms with Crippen LogP contribution in [0.2, 0.25) is 8.67 Å². The maximum Gasteiger partial charge on any atom is 0.258 e. The topological polar surface area (TPSA) is 81.9 Å². The summed E-state index contributed by atoms with van der Waals surface area (Å²) in [6, 6.07) is 10.2. The summed E-state index contributed by atoms with van der Waals surface area (Å²) in [5.74, 6) is 1.28. The zero-order valence-corrected chi connectivity index (χ0v) is 18.2. The molecule has 0 unspecified atom stereocenters. The molecule has 0 spiro atoms. The van der Waals surface area contributed by atoms with E-state index in [1.54, 1.807) is 36.7 Å². The number of halogens is 2. The highest BCUT2D eigenvalue weighted by molar-refractivity contribution is 7.20. The number of nitrogens with zero attached hydrogens (tertiary/aromatic N) is 4. The monoisotopic (exact) mass is 459 g/mol. The molecule has 0 aliphatic heterocycles. The van der Waals surface area contributed by atoms with Gasteiger partial charge in [0.2, 0.25) is 5.88 Å². The lowest BCUT2D eigenvalue weighted by atomic mass is 10.2. The van der Waals surface area contributed by atoms with E-state index in [4.69, 9.17) is 27.9 Å². The molecule has 3 aromatic heterocycles. The van der Waals surface area contributed by atoms with Crippen LogP contribution >= 0.6 is 34.5 Å². The molecule has 4 rings (SSSR count). The van der Waals surface area contributed by atoms with Crippen LogP contribution in [0.5, 0.6) is 11.6 Å². The van der Waals surface area contributed by atoms with Gasteiger partial charge in [-0.15, -0.1) is 11.3 Å². The molecule has 30 heavy (non-hydrogen) atoms. The fourth-order valence-electron chi connectivity index (χ4n) is 2.67. The lowest BCUT2D eigenvalue weighted by molar-refractivity contribution is 0.102. The van der Waals surface area contributed by atoms with Crippen molar-refractivity contribution < 1.29 is 9.53 Å². The van der Waals surface area contributed by atoms with Crippen molar-refractivity contribution in [3.8, 4) is 17.4 Å². The van der Waals surface area contributed by atoms with Gasteiger partial charge in [-0.1, -0.05) is 23.2 Å². The number of imidazole rings is 1. The third-order valence-electron chi connectivity index (χ3n) is 4.36. The van der Waals surface area contributed by atoms with Crippen LogP contribution in [0.4, 0.5) is 5.69 Å². The number of nitrogens with one attached hydrogen (secondary N) is 1. The van der Waals surface area contributed by atoms with E-state index in [0.29, 0.717) is 37.4 Å². The van der Waals surface area contributed by atoms with Gasteiger partial charge in [0.05, 0.1) is 15.6 Å². The zero-order valence-electron chi connectivity index (χ0n) is 15.9. The Morgan fingerprint density at radius 3 is 2.50 bits per heavy atom. The van der Waals surface area contributed by atoms with Crippen LogP contribution in [0, 0.1) is 13.8 Å². The van der Waals surface area contributed by atoms with Crippen LogP contribution in [-0.2, 0) is 0 Å². The van der Waals surface area contributed by atoms with Gasteiger partial charge in [0.15, 0.2) is 0 Å². The maximum atomic E-state index is 12.3. The van der Waals surface area contributed by atoms with E-state index in [1.165, 1.54) is 12.4 Å². The third-order valence-corrected chi connectivity index (χ3v) is 5.85. The van der Waals surface area contributed by atoms with Gasteiger partial charge in [-0.2, -0.15) is 0 Å². The van der Waals surface area contributed by atoms with E-state index in [1.807, 2.05) is 18.4 Å². The van der Waals surface area contributed by atoms with E-state index in [2.05, 4.69) is 20.3 Å². The van der Waals surface area contributed by atoms with Gasteiger partial charge in [0.1, 0.15) is 28.6 Å². The normalized spacial score (nSPS) is 10.8. The van der Waals surface area contributed by atoms with E-state index in [-0.39, 0.29) is 5.91 Å². The SMILES string of the molecule is Cc1ncn(-c2cc(Oc3ccc(NC(=O)c4cc(Cl)sc4Cl)cc3)ncn2)c1C. The molecule has 0 radical (unpaired) electrons. The Kier molecular flexibility index (Phi) is 5.72. The summed E-state index contributed by atoms with van der Waals surface area (Å²) in [5, 5.41) is 2.78. The van der Waals surface area contributed by atoms with Crippen molar-refractivity contribution >= 4 is 46.1 Å². The number of carbonyl (C=O) groups is 1.